The summed E-state index contributed by atoms with van der Waals surface area (Å²) in [6.07, 6.45) is 1.64. The van der Waals surface area contributed by atoms with Gasteiger partial charge < -0.3 is 0 Å². The normalized spacial score (nSPS) is 11.3. The molecule has 17 heavy (non-hydrogen) atoms. The van der Waals surface area contributed by atoms with Gasteiger partial charge in [0.15, 0.2) is 0 Å². The Morgan fingerprint density at radius 2 is 2.35 bits per heavy atom. The van der Waals surface area contributed by atoms with Crippen molar-refractivity contribution in [3.8, 4) is 0 Å². The van der Waals surface area contributed by atoms with Gasteiger partial charge in [-0.15, -0.1) is 5.10 Å². The predicted octanol–water partition coefficient (Wildman–Crippen LogP) is 0.650. The average Bonchev–Trinajstić information content (AvgIpc) is 2.99. The Hall–Kier alpha value is -2.42. The van der Waals surface area contributed by atoms with E-state index in [1.807, 2.05) is 18.2 Å². The fourth-order valence-electron chi connectivity index (χ4n) is 1.30. The van der Waals surface area contributed by atoms with Crippen molar-refractivity contribution < 1.29 is 0 Å². The maximum atomic E-state index is 4.20. The molecule has 2 heterocycles. The Morgan fingerprint density at radius 1 is 1.35 bits per heavy atom. The monoisotopic (exact) mass is 246 g/mol. The standard InChI is InChI=1S/C8H6N8S/c1-2-5(7-6(3-1)13-17-14-7)4-9-10-8-11-15-16-12-8/h1-4H,(H2,10,11,12,15,16)/b9-4-. The van der Waals surface area contributed by atoms with Crippen molar-refractivity contribution in [2.75, 3.05) is 5.43 Å². The van der Waals surface area contributed by atoms with Crippen LogP contribution in [0.5, 0.6) is 0 Å². The first-order valence-electron chi connectivity index (χ1n) is 4.67. The van der Waals surface area contributed by atoms with Gasteiger partial charge in [0.05, 0.1) is 17.9 Å². The van der Waals surface area contributed by atoms with E-state index < -0.39 is 0 Å². The lowest BCUT2D eigenvalue weighted by Gasteiger charge is -1.93. The summed E-state index contributed by atoms with van der Waals surface area (Å²) in [4.78, 5) is 0. The Balaban J connectivity index is 1.85. The number of anilines is 1. The van der Waals surface area contributed by atoms with E-state index >= 15 is 0 Å². The Bertz CT molecular complexity index is 642. The first kappa shape index (κ1) is 9.78. The molecule has 0 spiro atoms. The van der Waals surface area contributed by atoms with Gasteiger partial charge in [0.1, 0.15) is 11.0 Å². The first-order chi connectivity index (χ1) is 8.43. The molecule has 0 aliphatic carbocycles. The maximum absolute atomic E-state index is 4.20. The minimum atomic E-state index is 0.310. The third kappa shape index (κ3) is 1.95. The molecular weight excluding hydrogens is 240 g/mol. The Labute approximate surface area is 99.1 Å². The smallest absolute Gasteiger partial charge is 0.243 e. The fraction of sp³-hybridized carbons (Fsp3) is 0. The third-order valence-corrected chi connectivity index (χ3v) is 2.57. The zero-order valence-corrected chi connectivity index (χ0v) is 9.22. The third-order valence-electron chi connectivity index (χ3n) is 2.03. The highest BCUT2D eigenvalue weighted by molar-refractivity contribution is 7.00. The van der Waals surface area contributed by atoms with Crippen molar-refractivity contribution >= 4 is 34.9 Å². The van der Waals surface area contributed by atoms with Crippen LogP contribution in [-0.2, 0) is 0 Å². The van der Waals surface area contributed by atoms with E-state index in [4.69, 9.17) is 0 Å². The number of H-pyrrole nitrogens is 1. The van der Waals surface area contributed by atoms with Gasteiger partial charge in [-0.25, -0.2) is 5.43 Å². The van der Waals surface area contributed by atoms with Gasteiger partial charge in [0.2, 0.25) is 0 Å². The summed E-state index contributed by atoms with van der Waals surface area (Å²) in [5.74, 6) is 0.310. The van der Waals surface area contributed by atoms with Crippen molar-refractivity contribution in [3.05, 3.63) is 23.8 Å². The number of benzene rings is 1. The molecule has 1 aromatic carbocycles. The van der Waals surface area contributed by atoms with Crippen LogP contribution in [-0.4, -0.2) is 35.6 Å². The van der Waals surface area contributed by atoms with Crippen LogP contribution in [0.1, 0.15) is 5.56 Å². The number of hydrogen-bond donors (Lipinski definition) is 2. The molecule has 3 rings (SSSR count). The van der Waals surface area contributed by atoms with E-state index in [0.29, 0.717) is 5.95 Å². The summed E-state index contributed by atoms with van der Waals surface area (Å²) in [6, 6.07) is 5.72. The van der Waals surface area contributed by atoms with Crippen molar-refractivity contribution in [3.63, 3.8) is 0 Å². The number of aromatic nitrogens is 6. The lowest BCUT2D eigenvalue weighted by Crippen LogP contribution is -1.93. The zero-order chi connectivity index (χ0) is 11.5. The van der Waals surface area contributed by atoms with Crippen LogP contribution in [0, 0.1) is 0 Å². The van der Waals surface area contributed by atoms with Crippen LogP contribution >= 0.6 is 11.7 Å². The summed E-state index contributed by atoms with van der Waals surface area (Å²) in [5, 5.41) is 17.1. The quantitative estimate of drug-likeness (QED) is 0.519. The van der Waals surface area contributed by atoms with E-state index in [2.05, 4.69) is 39.9 Å². The number of aromatic amines is 1. The number of nitrogens with zero attached hydrogens (tertiary/aromatic N) is 6. The second kappa shape index (κ2) is 4.22. The van der Waals surface area contributed by atoms with Gasteiger partial charge in [0.25, 0.3) is 5.95 Å². The number of fused-ring (bicyclic) bond motifs is 1. The van der Waals surface area contributed by atoms with Crippen molar-refractivity contribution in [1.29, 1.82) is 0 Å². The molecule has 0 bridgehead atoms. The number of nitrogens with one attached hydrogen (secondary N) is 2. The van der Waals surface area contributed by atoms with E-state index in [1.165, 1.54) is 11.7 Å². The van der Waals surface area contributed by atoms with E-state index in [1.54, 1.807) is 6.21 Å². The summed E-state index contributed by atoms with van der Waals surface area (Å²) in [7, 11) is 0. The molecule has 2 aromatic heterocycles. The molecule has 8 nitrogen and oxygen atoms in total. The highest BCUT2D eigenvalue weighted by Gasteiger charge is 2.02. The maximum Gasteiger partial charge on any atom is 0.283 e. The Morgan fingerprint density at radius 3 is 3.24 bits per heavy atom. The minimum Gasteiger partial charge on any atom is -0.243 e. The molecule has 84 valence electrons. The largest absolute Gasteiger partial charge is 0.283 e. The van der Waals surface area contributed by atoms with Crippen LogP contribution < -0.4 is 5.43 Å². The highest BCUT2D eigenvalue weighted by atomic mass is 32.1. The summed E-state index contributed by atoms with van der Waals surface area (Å²) < 4.78 is 8.34. The van der Waals surface area contributed by atoms with Crippen LogP contribution in [0.3, 0.4) is 0 Å². The molecule has 0 radical (unpaired) electrons. The van der Waals surface area contributed by atoms with Crippen molar-refractivity contribution in [2.45, 2.75) is 0 Å². The number of hydrogen-bond acceptors (Lipinski definition) is 8. The van der Waals surface area contributed by atoms with Crippen LogP contribution in [0.4, 0.5) is 5.95 Å². The van der Waals surface area contributed by atoms with E-state index in [-0.39, 0.29) is 0 Å². The number of hydrazone groups is 1. The molecular formula is C8H6N8S. The molecule has 0 amide bonds. The lowest BCUT2D eigenvalue weighted by molar-refractivity contribution is 0.881. The number of rotatable bonds is 3. The topological polar surface area (TPSA) is 105 Å². The lowest BCUT2D eigenvalue weighted by atomic mass is 10.2. The average molecular weight is 246 g/mol. The Kier molecular flexibility index (Phi) is 2.43. The van der Waals surface area contributed by atoms with Gasteiger partial charge in [-0.1, -0.05) is 17.2 Å². The van der Waals surface area contributed by atoms with E-state index in [0.717, 1.165) is 16.6 Å². The molecule has 0 aliphatic heterocycles. The zero-order valence-electron chi connectivity index (χ0n) is 8.40. The molecule has 3 aromatic rings. The summed E-state index contributed by atoms with van der Waals surface area (Å²) in [5.41, 5.74) is 5.21. The van der Waals surface area contributed by atoms with Crippen molar-refractivity contribution in [1.82, 2.24) is 29.4 Å². The van der Waals surface area contributed by atoms with Gasteiger partial charge in [-0.3, -0.25) is 0 Å². The van der Waals surface area contributed by atoms with Gasteiger partial charge in [0, 0.05) is 5.56 Å². The van der Waals surface area contributed by atoms with Crippen LogP contribution in [0.15, 0.2) is 23.3 Å². The van der Waals surface area contributed by atoms with Crippen molar-refractivity contribution in [2.24, 2.45) is 5.10 Å². The fourth-order valence-corrected chi connectivity index (χ4v) is 1.86. The highest BCUT2D eigenvalue weighted by Crippen LogP contribution is 2.14. The summed E-state index contributed by atoms with van der Waals surface area (Å²) >= 11 is 1.18. The molecule has 2 N–H and O–H groups in total. The first-order valence-corrected chi connectivity index (χ1v) is 5.40. The number of tetrazole rings is 1. The van der Waals surface area contributed by atoms with Gasteiger partial charge in [-0.05, 0) is 11.3 Å². The predicted molar refractivity (Wildman–Crippen MR) is 62.8 cm³/mol. The SMILES string of the molecule is C(=N/Nc1nn[nH]n1)/c1cccc2nsnc12. The van der Waals surface area contributed by atoms with Gasteiger partial charge in [-0.2, -0.15) is 19.1 Å². The molecule has 9 heteroatoms. The minimum absolute atomic E-state index is 0.310. The molecule has 0 aliphatic rings. The van der Waals surface area contributed by atoms with Crippen LogP contribution in [0.25, 0.3) is 11.0 Å². The van der Waals surface area contributed by atoms with E-state index in [9.17, 15) is 0 Å². The molecule has 0 fully saturated rings. The van der Waals surface area contributed by atoms with Gasteiger partial charge >= 0.3 is 0 Å². The summed E-state index contributed by atoms with van der Waals surface area (Å²) in [6.45, 7) is 0. The molecule has 0 saturated heterocycles. The molecule has 0 saturated carbocycles. The van der Waals surface area contributed by atoms with Crippen LogP contribution in [0.2, 0.25) is 0 Å². The second-order valence-electron chi connectivity index (χ2n) is 3.08. The second-order valence-corrected chi connectivity index (χ2v) is 3.61. The molecule has 0 unspecified atom stereocenters. The molecule has 0 atom stereocenters.